The Morgan fingerprint density at radius 3 is 2.19 bits per heavy atom. The van der Waals surface area contributed by atoms with Gasteiger partial charge in [0, 0.05) is 29.8 Å². The van der Waals surface area contributed by atoms with Gasteiger partial charge < -0.3 is 24.3 Å². The van der Waals surface area contributed by atoms with Crippen molar-refractivity contribution in [1.29, 1.82) is 0 Å². The van der Waals surface area contributed by atoms with Gasteiger partial charge in [-0.25, -0.2) is 4.99 Å². The number of thioether (sulfide) groups is 1. The first kappa shape index (κ1) is 25.1. The molecular weight excluding hydrogens is 478 g/mol. The molecule has 1 aliphatic rings. The molecule has 1 heterocycles. The second kappa shape index (κ2) is 11.6. The fraction of sp³-hybridized carbons (Fsp3) is 0.222. The van der Waals surface area contributed by atoms with Crippen molar-refractivity contribution in [3.63, 3.8) is 0 Å². The number of aliphatic imine (C=N–C) groups is 2. The van der Waals surface area contributed by atoms with Gasteiger partial charge in [-0.2, -0.15) is 0 Å². The van der Waals surface area contributed by atoms with Crippen molar-refractivity contribution in [2.75, 3.05) is 39.5 Å². The Kier molecular flexibility index (Phi) is 8.12. The number of anilines is 1. The van der Waals surface area contributed by atoms with Crippen LogP contribution in [0.25, 0.3) is 0 Å². The molecule has 0 fully saturated rings. The molecule has 1 N–H and O–H groups in total. The number of hydrogen-bond acceptors (Lipinski definition) is 8. The molecule has 0 aliphatic carbocycles. The van der Waals surface area contributed by atoms with Crippen molar-refractivity contribution in [3.8, 4) is 23.0 Å². The maximum Gasteiger partial charge on any atom is 0.234 e. The van der Waals surface area contributed by atoms with Gasteiger partial charge in [0.15, 0.2) is 11.5 Å². The highest BCUT2D eigenvalue weighted by atomic mass is 32.2. The summed E-state index contributed by atoms with van der Waals surface area (Å²) in [5, 5.41) is 3.69. The number of benzene rings is 3. The van der Waals surface area contributed by atoms with Crippen LogP contribution in [-0.4, -0.2) is 50.9 Å². The highest BCUT2D eigenvalue weighted by Gasteiger charge is 2.18. The molecule has 186 valence electrons. The number of ether oxygens (including phenoxy) is 4. The van der Waals surface area contributed by atoms with E-state index >= 15 is 0 Å². The number of rotatable bonds is 8. The van der Waals surface area contributed by atoms with Crippen LogP contribution in [0.5, 0.6) is 23.0 Å². The molecule has 0 bridgehead atoms. The van der Waals surface area contributed by atoms with Crippen molar-refractivity contribution in [3.05, 3.63) is 66.2 Å². The van der Waals surface area contributed by atoms with Gasteiger partial charge in [0.2, 0.25) is 11.7 Å². The van der Waals surface area contributed by atoms with Crippen LogP contribution in [0.4, 0.5) is 17.1 Å². The summed E-state index contributed by atoms with van der Waals surface area (Å²) in [5.74, 6) is 2.12. The van der Waals surface area contributed by atoms with Crippen LogP contribution in [-0.2, 0) is 4.79 Å². The Balaban J connectivity index is 1.52. The molecule has 0 saturated carbocycles. The van der Waals surface area contributed by atoms with E-state index in [1.54, 1.807) is 19.2 Å². The third kappa shape index (κ3) is 5.80. The van der Waals surface area contributed by atoms with E-state index in [2.05, 4.69) is 5.32 Å². The van der Waals surface area contributed by atoms with Gasteiger partial charge in [-0.1, -0.05) is 24.3 Å². The number of carbonyl (C=O) groups excluding carboxylic acids is 1. The van der Waals surface area contributed by atoms with Crippen molar-refractivity contribution in [2.45, 2.75) is 6.42 Å². The predicted molar refractivity (Wildman–Crippen MR) is 145 cm³/mol. The topological polar surface area (TPSA) is 90.7 Å². The van der Waals surface area contributed by atoms with E-state index in [9.17, 15) is 4.79 Å². The van der Waals surface area contributed by atoms with Gasteiger partial charge in [0.05, 0.1) is 56.3 Å². The minimum atomic E-state index is -0.186. The van der Waals surface area contributed by atoms with Gasteiger partial charge in [0.25, 0.3) is 0 Å². The zero-order valence-electron chi connectivity index (χ0n) is 20.5. The van der Waals surface area contributed by atoms with Crippen molar-refractivity contribution < 1.29 is 23.7 Å². The third-order valence-electron chi connectivity index (χ3n) is 5.42. The van der Waals surface area contributed by atoms with Crippen molar-refractivity contribution in [2.24, 2.45) is 9.98 Å². The highest BCUT2D eigenvalue weighted by molar-refractivity contribution is 8.14. The monoisotopic (exact) mass is 505 g/mol. The Morgan fingerprint density at radius 1 is 0.861 bits per heavy atom. The molecule has 1 amide bonds. The van der Waals surface area contributed by atoms with E-state index in [-0.39, 0.29) is 11.7 Å². The normalized spacial score (nSPS) is 12.4. The zero-order chi connectivity index (χ0) is 25.5. The maximum absolute atomic E-state index is 12.8. The van der Waals surface area contributed by atoms with Gasteiger partial charge in [0.1, 0.15) is 5.75 Å². The minimum Gasteiger partial charge on any atom is -0.497 e. The highest BCUT2D eigenvalue weighted by Crippen LogP contribution is 2.40. The Bertz CT molecular complexity index is 1300. The van der Waals surface area contributed by atoms with E-state index in [0.29, 0.717) is 29.4 Å². The largest absolute Gasteiger partial charge is 0.497 e. The first-order valence-corrected chi connectivity index (χ1v) is 12.1. The number of nitrogens with one attached hydrogen (secondary N) is 1. The predicted octanol–water partition coefficient (Wildman–Crippen LogP) is 5.65. The first-order chi connectivity index (χ1) is 17.5. The van der Waals surface area contributed by atoms with Gasteiger partial charge in [-0.05, 0) is 24.3 Å². The SMILES string of the molecule is COc1cccc(C2=Nc3ccccc3N=C(SCC(=O)Nc3cc(OC)c(OC)c(OC)c3)C2)c1. The maximum atomic E-state index is 12.8. The number of amides is 1. The summed E-state index contributed by atoms with van der Waals surface area (Å²) in [6.07, 6.45) is 0.490. The molecule has 9 heteroatoms. The van der Waals surface area contributed by atoms with Gasteiger partial charge in [-0.3, -0.25) is 9.79 Å². The molecule has 1 aliphatic heterocycles. The molecule has 8 nitrogen and oxygen atoms in total. The summed E-state index contributed by atoms with van der Waals surface area (Å²) in [4.78, 5) is 22.5. The third-order valence-corrected chi connectivity index (χ3v) is 6.40. The zero-order valence-corrected chi connectivity index (χ0v) is 21.3. The molecule has 0 unspecified atom stereocenters. The molecule has 3 aromatic rings. The summed E-state index contributed by atoms with van der Waals surface area (Å²) in [6, 6.07) is 18.9. The van der Waals surface area contributed by atoms with Crippen LogP contribution in [0.3, 0.4) is 0 Å². The average molecular weight is 506 g/mol. The number of nitrogens with zero attached hydrogens (tertiary/aromatic N) is 2. The Morgan fingerprint density at radius 2 is 1.56 bits per heavy atom. The first-order valence-electron chi connectivity index (χ1n) is 11.2. The Hall–Kier alpha value is -3.98. The Labute approximate surface area is 214 Å². The molecule has 3 aromatic carbocycles. The quantitative estimate of drug-likeness (QED) is 0.426. The van der Waals surface area contributed by atoms with E-state index in [4.69, 9.17) is 28.9 Å². The van der Waals surface area contributed by atoms with Crippen LogP contribution in [0.15, 0.2) is 70.6 Å². The van der Waals surface area contributed by atoms with Crippen molar-refractivity contribution >= 4 is 45.5 Å². The van der Waals surface area contributed by atoms with E-state index in [1.807, 2.05) is 48.5 Å². The summed E-state index contributed by atoms with van der Waals surface area (Å²) >= 11 is 1.38. The van der Waals surface area contributed by atoms with Crippen molar-refractivity contribution in [1.82, 2.24) is 0 Å². The average Bonchev–Trinajstić information content (AvgIpc) is 3.10. The second-order valence-corrected chi connectivity index (χ2v) is 8.76. The molecule has 0 spiro atoms. The number of para-hydroxylation sites is 2. The van der Waals surface area contributed by atoms with Gasteiger partial charge in [-0.15, -0.1) is 11.8 Å². The van der Waals surface area contributed by atoms with E-state index < -0.39 is 0 Å². The fourth-order valence-corrected chi connectivity index (χ4v) is 4.48. The summed E-state index contributed by atoms with van der Waals surface area (Å²) in [5.41, 5.74) is 3.90. The number of hydrogen-bond donors (Lipinski definition) is 1. The van der Waals surface area contributed by atoms with E-state index in [0.717, 1.165) is 33.4 Å². The fourth-order valence-electron chi connectivity index (χ4n) is 3.71. The molecule has 0 aromatic heterocycles. The minimum absolute atomic E-state index is 0.170. The molecule has 0 saturated heterocycles. The molecule has 4 rings (SSSR count). The van der Waals surface area contributed by atoms with Gasteiger partial charge >= 0.3 is 0 Å². The summed E-state index contributed by atoms with van der Waals surface area (Å²) in [6.45, 7) is 0. The molecular formula is C27H27N3O5S. The van der Waals surface area contributed by atoms with Crippen LogP contribution in [0.2, 0.25) is 0 Å². The van der Waals surface area contributed by atoms with E-state index in [1.165, 1.54) is 33.1 Å². The summed E-state index contributed by atoms with van der Waals surface area (Å²) in [7, 11) is 6.23. The van der Waals surface area contributed by atoms with Crippen LogP contribution >= 0.6 is 11.8 Å². The number of methoxy groups -OCH3 is 4. The number of fused-ring (bicyclic) bond motifs is 1. The second-order valence-electron chi connectivity index (χ2n) is 7.71. The standard InChI is InChI=1S/C27H27N3O5S/c1-32-19-9-7-8-17(12-19)22-15-26(30-21-11-6-5-10-20(21)29-22)36-16-25(31)28-18-13-23(33-2)27(35-4)24(14-18)34-3/h5-14H,15-16H2,1-4H3,(H,28,31). The smallest absolute Gasteiger partial charge is 0.234 e. The van der Waals surface area contributed by atoms with Crippen LogP contribution in [0.1, 0.15) is 12.0 Å². The van der Waals surface area contributed by atoms with Crippen LogP contribution < -0.4 is 24.3 Å². The molecule has 36 heavy (non-hydrogen) atoms. The molecule has 0 radical (unpaired) electrons. The lowest BCUT2D eigenvalue weighted by Crippen LogP contribution is -2.16. The summed E-state index contributed by atoms with van der Waals surface area (Å²) < 4.78 is 21.5. The van der Waals surface area contributed by atoms with Crippen LogP contribution in [0, 0.1) is 0 Å². The lowest BCUT2D eigenvalue weighted by molar-refractivity contribution is -0.113. The number of carbonyl (C=O) groups is 1. The molecule has 0 atom stereocenters. The lowest BCUT2D eigenvalue weighted by atomic mass is 10.1. The lowest BCUT2D eigenvalue weighted by Gasteiger charge is -2.14.